The zero-order chi connectivity index (χ0) is 22.0. The summed E-state index contributed by atoms with van der Waals surface area (Å²) in [7, 11) is 0. The normalized spacial score (nSPS) is 10.7. The van der Waals surface area contributed by atoms with E-state index in [2.05, 4.69) is 0 Å². The summed E-state index contributed by atoms with van der Waals surface area (Å²) in [4.78, 5) is 22.1. The van der Waals surface area contributed by atoms with Gasteiger partial charge in [0.2, 0.25) is 5.82 Å². The molecular formula is C18H9F5N2O4S. The first-order chi connectivity index (χ1) is 14.2. The van der Waals surface area contributed by atoms with Crippen LogP contribution in [0.15, 0.2) is 35.7 Å². The maximum atomic E-state index is 13.7. The maximum absolute atomic E-state index is 13.7. The van der Waals surface area contributed by atoms with Gasteiger partial charge in [-0.05, 0) is 23.6 Å². The van der Waals surface area contributed by atoms with Gasteiger partial charge in [0.25, 0.3) is 11.6 Å². The van der Waals surface area contributed by atoms with Crippen molar-refractivity contribution in [2.75, 3.05) is 5.32 Å². The molecule has 12 heteroatoms. The molecule has 0 atom stereocenters. The highest BCUT2D eigenvalue weighted by Gasteiger charge is 2.27. The van der Waals surface area contributed by atoms with Gasteiger partial charge in [0, 0.05) is 17.7 Å². The Kier molecular flexibility index (Phi) is 5.96. The molecule has 3 rings (SSSR count). The van der Waals surface area contributed by atoms with Crippen LogP contribution in [0.2, 0.25) is 0 Å². The van der Waals surface area contributed by atoms with Crippen molar-refractivity contribution in [3.05, 3.63) is 85.4 Å². The summed E-state index contributed by atoms with van der Waals surface area (Å²) in [6, 6.07) is 6.54. The lowest BCUT2D eigenvalue weighted by molar-refractivity contribution is -0.384. The van der Waals surface area contributed by atoms with Gasteiger partial charge < -0.3 is 10.1 Å². The number of halogens is 5. The highest BCUT2D eigenvalue weighted by atomic mass is 32.1. The standard InChI is InChI=1S/C18H9F5N2O4S/c19-12-13(20)15(22)17(16(23)14(12)21)24-18(26)11-5-8(7-30-11)6-29-10-3-1-9(2-4-10)25(27)28/h1-5,7H,6H2,(H,24,26). The second-order valence-electron chi connectivity index (χ2n) is 5.76. The average molecular weight is 444 g/mol. The quantitative estimate of drug-likeness (QED) is 0.187. The summed E-state index contributed by atoms with van der Waals surface area (Å²) in [6.45, 7) is -0.0376. The van der Waals surface area contributed by atoms with Crippen molar-refractivity contribution in [3.63, 3.8) is 0 Å². The van der Waals surface area contributed by atoms with E-state index in [1.165, 1.54) is 35.7 Å². The van der Waals surface area contributed by atoms with E-state index < -0.39 is 45.6 Å². The number of anilines is 1. The Hall–Kier alpha value is -3.54. The van der Waals surface area contributed by atoms with Crippen LogP contribution >= 0.6 is 11.3 Å². The van der Waals surface area contributed by atoms with Crippen molar-refractivity contribution < 1.29 is 36.4 Å². The number of carbonyl (C=O) groups is 1. The molecule has 0 saturated carbocycles. The summed E-state index contributed by atoms with van der Waals surface area (Å²) < 4.78 is 72.3. The van der Waals surface area contributed by atoms with Crippen molar-refractivity contribution in [2.45, 2.75) is 6.61 Å². The molecule has 3 aromatic rings. The fraction of sp³-hybridized carbons (Fsp3) is 0.0556. The van der Waals surface area contributed by atoms with Gasteiger partial charge in [-0.15, -0.1) is 11.3 Å². The molecule has 1 aromatic heterocycles. The number of nitro benzene ring substituents is 1. The molecule has 0 aliphatic carbocycles. The lowest BCUT2D eigenvalue weighted by Crippen LogP contribution is -2.16. The highest BCUT2D eigenvalue weighted by Crippen LogP contribution is 2.28. The molecule has 0 saturated heterocycles. The summed E-state index contributed by atoms with van der Waals surface area (Å²) in [5.41, 5.74) is -1.10. The highest BCUT2D eigenvalue weighted by molar-refractivity contribution is 7.12. The molecule has 0 bridgehead atoms. The summed E-state index contributed by atoms with van der Waals surface area (Å²) >= 11 is 0.854. The third-order valence-corrected chi connectivity index (χ3v) is 4.76. The van der Waals surface area contributed by atoms with Gasteiger partial charge in [0.1, 0.15) is 18.0 Å². The number of benzene rings is 2. The molecular weight excluding hydrogens is 435 g/mol. The lowest BCUT2D eigenvalue weighted by Gasteiger charge is -2.09. The second kappa shape index (κ2) is 8.45. The Morgan fingerprint density at radius 2 is 1.57 bits per heavy atom. The third-order valence-electron chi connectivity index (χ3n) is 3.78. The zero-order valence-corrected chi connectivity index (χ0v) is 15.4. The molecule has 1 heterocycles. The van der Waals surface area contributed by atoms with E-state index in [1.807, 2.05) is 0 Å². The molecule has 0 unspecified atom stereocenters. The predicted octanol–water partition coefficient (Wildman–Crippen LogP) is 5.18. The van der Waals surface area contributed by atoms with E-state index in [0.29, 0.717) is 11.3 Å². The van der Waals surface area contributed by atoms with E-state index in [4.69, 9.17) is 4.74 Å². The number of carbonyl (C=O) groups excluding carboxylic acids is 1. The Morgan fingerprint density at radius 1 is 1.00 bits per heavy atom. The first kappa shape index (κ1) is 21.2. The molecule has 6 nitrogen and oxygen atoms in total. The average Bonchev–Trinajstić information content (AvgIpc) is 3.22. The van der Waals surface area contributed by atoms with Gasteiger partial charge in [-0.2, -0.15) is 0 Å². The number of hydrogen-bond acceptors (Lipinski definition) is 5. The Morgan fingerprint density at radius 3 is 2.13 bits per heavy atom. The third kappa shape index (κ3) is 4.22. The van der Waals surface area contributed by atoms with E-state index in [0.717, 1.165) is 11.3 Å². The number of nitrogens with one attached hydrogen (secondary N) is 1. The van der Waals surface area contributed by atoms with Crippen LogP contribution in [0.5, 0.6) is 5.75 Å². The Labute approximate surface area is 168 Å². The van der Waals surface area contributed by atoms with Crippen molar-refractivity contribution in [1.82, 2.24) is 0 Å². The number of nitrogens with zero attached hydrogens (tertiary/aromatic N) is 1. The van der Waals surface area contributed by atoms with Gasteiger partial charge in [0.15, 0.2) is 23.3 Å². The van der Waals surface area contributed by atoms with Crippen LogP contribution in [0, 0.1) is 39.2 Å². The number of hydrogen-bond donors (Lipinski definition) is 1. The minimum absolute atomic E-state index is 0.0376. The Bertz CT molecular complexity index is 1110. The van der Waals surface area contributed by atoms with Crippen molar-refractivity contribution >= 4 is 28.6 Å². The second-order valence-corrected chi connectivity index (χ2v) is 6.67. The first-order valence-corrected chi connectivity index (χ1v) is 8.84. The Balaban J connectivity index is 1.69. The van der Waals surface area contributed by atoms with E-state index in [1.54, 1.807) is 5.32 Å². The van der Waals surface area contributed by atoms with Crippen LogP contribution in [0.3, 0.4) is 0 Å². The fourth-order valence-electron chi connectivity index (χ4n) is 2.29. The molecule has 0 radical (unpaired) electrons. The topological polar surface area (TPSA) is 81.5 Å². The monoisotopic (exact) mass is 444 g/mol. The van der Waals surface area contributed by atoms with Crippen molar-refractivity contribution in [2.24, 2.45) is 0 Å². The van der Waals surface area contributed by atoms with Crippen LogP contribution in [-0.2, 0) is 6.61 Å². The molecule has 0 aliphatic heterocycles. The first-order valence-electron chi connectivity index (χ1n) is 7.96. The van der Waals surface area contributed by atoms with E-state index in [-0.39, 0.29) is 17.2 Å². The summed E-state index contributed by atoms with van der Waals surface area (Å²) in [5.74, 6) is -11.7. The molecule has 2 aromatic carbocycles. The lowest BCUT2D eigenvalue weighted by atomic mass is 10.2. The molecule has 1 N–H and O–H groups in total. The maximum Gasteiger partial charge on any atom is 0.269 e. The van der Waals surface area contributed by atoms with Gasteiger partial charge in [0.05, 0.1) is 9.80 Å². The molecule has 0 aliphatic rings. The zero-order valence-electron chi connectivity index (χ0n) is 14.5. The van der Waals surface area contributed by atoms with Crippen LogP contribution in [-0.4, -0.2) is 10.8 Å². The van der Waals surface area contributed by atoms with Crippen LogP contribution in [0.25, 0.3) is 0 Å². The van der Waals surface area contributed by atoms with Crippen LogP contribution < -0.4 is 10.1 Å². The van der Waals surface area contributed by atoms with Gasteiger partial charge in [-0.1, -0.05) is 0 Å². The minimum atomic E-state index is -2.33. The molecule has 156 valence electrons. The SMILES string of the molecule is O=C(Nc1c(F)c(F)c(F)c(F)c1F)c1cc(COc2ccc([N+](=O)[O-])cc2)cs1. The predicted molar refractivity (Wildman–Crippen MR) is 95.9 cm³/mol. The smallest absolute Gasteiger partial charge is 0.269 e. The number of thiophene rings is 1. The van der Waals surface area contributed by atoms with E-state index in [9.17, 15) is 36.9 Å². The minimum Gasteiger partial charge on any atom is -0.489 e. The van der Waals surface area contributed by atoms with Crippen LogP contribution in [0.1, 0.15) is 15.2 Å². The number of non-ortho nitro benzene ring substituents is 1. The van der Waals surface area contributed by atoms with Gasteiger partial charge >= 0.3 is 0 Å². The largest absolute Gasteiger partial charge is 0.489 e. The number of ether oxygens (including phenoxy) is 1. The summed E-state index contributed by atoms with van der Waals surface area (Å²) in [5, 5.41) is 13.8. The van der Waals surface area contributed by atoms with E-state index >= 15 is 0 Å². The molecule has 0 spiro atoms. The number of rotatable bonds is 6. The number of nitro groups is 1. The molecule has 1 amide bonds. The molecule has 0 fully saturated rings. The van der Waals surface area contributed by atoms with Crippen molar-refractivity contribution in [1.29, 1.82) is 0 Å². The number of amides is 1. The van der Waals surface area contributed by atoms with Crippen molar-refractivity contribution in [3.8, 4) is 5.75 Å². The van der Waals surface area contributed by atoms with Gasteiger partial charge in [-0.25, -0.2) is 22.0 Å². The summed E-state index contributed by atoms with van der Waals surface area (Å²) in [6.07, 6.45) is 0. The fourth-order valence-corrected chi connectivity index (χ4v) is 3.08. The van der Waals surface area contributed by atoms with Gasteiger partial charge in [-0.3, -0.25) is 14.9 Å². The van der Waals surface area contributed by atoms with Crippen LogP contribution in [0.4, 0.5) is 33.3 Å². The molecule has 30 heavy (non-hydrogen) atoms.